The normalized spacial score (nSPS) is 19.4. The average Bonchev–Trinajstić information content (AvgIpc) is 3.39. The van der Waals surface area contributed by atoms with E-state index in [1.165, 1.54) is 18.5 Å². The van der Waals surface area contributed by atoms with Gasteiger partial charge in [0.05, 0.1) is 25.5 Å². The Hall–Kier alpha value is -2.34. The standard InChI is InChI=1S/C22H26N2O3S/c1-26-18-6-5-7-19(27-2)21(18)22-24(20(25)15-28-22)14-16-8-10-17(11-9-16)23-12-3-4-13-23/h5-11,22H,3-4,12-15H2,1-2H3. The van der Waals surface area contributed by atoms with Gasteiger partial charge in [-0.15, -0.1) is 11.8 Å². The minimum atomic E-state index is -0.114. The Bertz CT molecular complexity index is 812. The molecule has 2 aliphatic rings. The first-order valence-corrected chi connectivity index (χ1v) is 10.7. The molecule has 0 spiro atoms. The second-order valence-electron chi connectivity index (χ2n) is 7.12. The van der Waals surface area contributed by atoms with Crippen molar-refractivity contribution in [2.24, 2.45) is 0 Å². The van der Waals surface area contributed by atoms with Crippen LogP contribution in [0.4, 0.5) is 5.69 Å². The van der Waals surface area contributed by atoms with E-state index in [-0.39, 0.29) is 11.3 Å². The van der Waals surface area contributed by atoms with Crippen LogP contribution in [0.15, 0.2) is 42.5 Å². The van der Waals surface area contributed by atoms with Crippen molar-refractivity contribution in [2.45, 2.75) is 24.8 Å². The Morgan fingerprint density at radius 2 is 1.64 bits per heavy atom. The van der Waals surface area contributed by atoms with E-state index < -0.39 is 0 Å². The molecular weight excluding hydrogens is 372 g/mol. The van der Waals surface area contributed by atoms with Crippen LogP contribution in [-0.4, -0.2) is 43.9 Å². The number of methoxy groups -OCH3 is 2. The van der Waals surface area contributed by atoms with Crippen molar-refractivity contribution in [3.63, 3.8) is 0 Å². The molecule has 0 radical (unpaired) electrons. The van der Waals surface area contributed by atoms with Crippen LogP contribution in [0.25, 0.3) is 0 Å². The molecule has 2 aliphatic heterocycles. The van der Waals surface area contributed by atoms with Gasteiger partial charge in [-0.2, -0.15) is 0 Å². The number of nitrogens with zero attached hydrogens (tertiary/aromatic N) is 2. The van der Waals surface area contributed by atoms with E-state index in [9.17, 15) is 4.79 Å². The molecule has 0 N–H and O–H groups in total. The average molecular weight is 399 g/mol. The van der Waals surface area contributed by atoms with Gasteiger partial charge in [0.1, 0.15) is 16.9 Å². The summed E-state index contributed by atoms with van der Waals surface area (Å²) in [6.07, 6.45) is 2.54. The molecule has 1 unspecified atom stereocenters. The molecule has 6 heteroatoms. The third-order valence-corrected chi connectivity index (χ3v) is 6.66. The van der Waals surface area contributed by atoms with Gasteiger partial charge < -0.3 is 19.3 Å². The van der Waals surface area contributed by atoms with Crippen molar-refractivity contribution in [3.8, 4) is 11.5 Å². The molecule has 2 aromatic rings. The molecule has 0 aromatic heterocycles. The summed E-state index contributed by atoms with van der Waals surface area (Å²) in [6, 6.07) is 14.4. The lowest BCUT2D eigenvalue weighted by Gasteiger charge is -2.27. The van der Waals surface area contributed by atoms with E-state index in [2.05, 4.69) is 29.2 Å². The van der Waals surface area contributed by atoms with Gasteiger partial charge in [0.15, 0.2) is 0 Å². The topological polar surface area (TPSA) is 42.0 Å². The van der Waals surface area contributed by atoms with Gasteiger partial charge in [-0.1, -0.05) is 18.2 Å². The van der Waals surface area contributed by atoms with E-state index in [1.807, 2.05) is 23.1 Å². The van der Waals surface area contributed by atoms with Crippen LogP contribution < -0.4 is 14.4 Å². The number of carbonyl (C=O) groups excluding carboxylic acids is 1. The van der Waals surface area contributed by atoms with E-state index >= 15 is 0 Å². The number of anilines is 1. The molecule has 2 fully saturated rings. The molecular formula is C22H26N2O3S. The number of ether oxygens (including phenoxy) is 2. The zero-order valence-electron chi connectivity index (χ0n) is 16.4. The number of thioether (sulfide) groups is 1. The van der Waals surface area contributed by atoms with Crippen LogP contribution in [0.3, 0.4) is 0 Å². The minimum Gasteiger partial charge on any atom is -0.496 e. The molecule has 28 heavy (non-hydrogen) atoms. The summed E-state index contributed by atoms with van der Waals surface area (Å²) in [5, 5.41) is -0.114. The van der Waals surface area contributed by atoms with Gasteiger partial charge in [-0.25, -0.2) is 0 Å². The highest BCUT2D eigenvalue weighted by Crippen LogP contribution is 2.47. The number of hydrogen-bond donors (Lipinski definition) is 0. The monoisotopic (exact) mass is 398 g/mol. The van der Waals surface area contributed by atoms with Crippen LogP contribution in [0, 0.1) is 0 Å². The molecule has 4 rings (SSSR count). The summed E-state index contributed by atoms with van der Waals surface area (Å²) in [5.74, 6) is 2.12. The number of carbonyl (C=O) groups is 1. The fourth-order valence-electron chi connectivity index (χ4n) is 3.97. The summed E-state index contributed by atoms with van der Waals surface area (Å²) >= 11 is 1.62. The molecule has 148 valence electrons. The van der Waals surface area contributed by atoms with Crippen LogP contribution in [-0.2, 0) is 11.3 Å². The predicted octanol–water partition coefficient (Wildman–Crippen LogP) is 4.08. The van der Waals surface area contributed by atoms with Gasteiger partial charge in [0.2, 0.25) is 5.91 Å². The summed E-state index contributed by atoms with van der Waals surface area (Å²) in [5.41, 5.74) is 3.33. The fourth-order valence-corrected chi connectivity index (χ4v) is 5.21. The Morgan fingerprint density at radius 3 is 2.25 bits per heavy atom. The maximum Gasteiger partial charge on any atom is 0.234 e. The van der Waals surface area contributed by atoms with E-state index in [4.69, 9.17) is 9.47 Å². The van der Waals surface area contributed by atoms with Crippen LogP contribution >= 0.6 is 11.8 Å². The Morgan fingerprint density at radius 1 is 1.00 bits per heavy atom. The highest BCUT2D eigenvalue weighted by Gasteiger charge is 2.36. The molecule has 1 atom stereocenters. The minimum absolute atomic E-state index is 0.114. The number of hydrogen-bond acceptors (Lipinski definition) is 5. The molecule has 2 heterocycles. The predicted molar refractivity (Wildman–Crippen MR) is 113 cm³/mol. The van der Waals surface area contributed by atoms with Gasteiger partial charge >= 0.3 is 0 Å². The van der Waals surface area contributed by atoms with Crippen molar-refractivity contribution in [1.29, 1.82) is 0 Å². The lowest BCUT2D eigenvalue weighted by Crippen LogP contribution is -2.28. The van der Waals surface area contributed by atoms with Gasteiger partial charge in [-0.3, -0.25) is 4.79 Å². The molecule has 0 saturated carbocycles. The smallest absolute Gasteiger partial charge is 0.234 e. The molecule has 0 aliphatic carbocycles. The summed E-state index contributed by atoms with van der Waals surface area (Å²) in [6.45, 7) is 2.85. The summed E-state index contributed by atoms with van der Waals surface area (Å²) in [4.78, 5) is 17.0. The third kappa shape index (κ3) is 3.65. The second-order valence-corrected chi connectivity index (χ2v) is 8.19. The number of benzene rings is 2. The first kappa shape index (κ1) is 19.0. The Kier molecular flexibility index (Phi) is 5.67. The number of amides is 1. The first-order valence-electron chi connectivity index (χ1n) is 9.67. The largest absolute Gasteiger partial charge is 0.496 e. The van der Waals surface area contributed by atoms with Crippen LogP contribution in [0.2, 0.25) is 0 Å². The summed E-state index contributed by atoms with van der Waals surface area (Å²) in [7, 11) is 3.31. The number of rotatable bonds is 6. The zero-order valence-corrected chi connectivity index (χ0v) is 17.2. The summed E-state index contributed by atoms with van der Waals surface area (Å²) < 4.78 is 11.1. The van der Waals surface area contributed by atoms with Crippen LogP contribution in [0.5, 0.6) is 11.5 Å². The van der Waals surface area contributed by atoms with Crippen molar-refractivity contribution >= 4 is 23.4 Å². The third-order valence-electron chi connectivity index (χ3n) is 5.44. The van der Waals surface area contributed by atoms with Crippen molar-refractivity contribution < 1.29 is 14.3 Å². The molecule has 0 bridgehead atoms. The molecule has 2 saturated heterocycles. The molecule has 5 nitrogen and oxygen atoms in total. The van der Waals surface area contributed by atoms with E-state index in [0.29, 0.717) is 12.3 Å². The second kappa shape index (κ2) is 8.35. The van der Waals surface area contributed by atoms with Crippen molar-refractivity contribution in [2.75, 3.05) is 38.0 Å². The van der Waals surface area contributed by atoms with Gasteiger partial charge in [0, 0.05) is 25.3 Å². The first-order chi connectivity index (χ1) is 13.7. The molecule has 2 aromatic carbocycles. The maximum absolute atomic E-state index is 12.7. The van der Waals surface area contributed by atoms with Crippen molar-refractivity contribution in [3.05, 3.63) is 53.6 Å². The van der Waals surface area contributed by atoms with E-state index in [0.717, 1.165) is 35.7 Å². The quantitative estimate of drug-likeness (QED) is 0.734. The Balaban J connectivity index is 1.57. The highest BCUT2D eigenvalue weighted by atomic mass is 32.2. The lowest BCUT2D eigenvalue weighted by molar-refractivity contribution is -0.128. The fraction of sp³-hybridized carbons (Fsp3) is 0.409. The zero-order chi connectivity index (χ0) is 19.5. The molecule has 1 amide bonds. The highest BCUT2D eigenvalue weighted by molar-refractivity contribution is 8.00. The van der Waals surface area contributed by atoms with Gasteiger partial charge in [-0.05, 0) is 42.7 Å². The lowest BCUT2D eigenvalue weighted by atomic mass is 10.1. The SMILES string of the molecule is COc1cccc(OC)c1C1SCC(=O)N1Cc1ccc(N2CCCC2)cc1. The maximum atomic E-state index is 12.7. The van der Waals surface area contributed by atoms with E-state index in [1.54, 1.807) is 26.0 Å². The van der Waals surface area contributed by atoms with Crippen LogP contribution in [0.1, 0.15) is 29.3 Å². The Labute approximate surface area is 170 Å². The van der Waals surface area contributed by atoms with Gasteiger partial charge in [0.25, 0.3) is 0 Å². The van der Waals surface area contributed by atoms with Crippen molar-refractivity contribution in [1.82, 2.24) is 4.90 Å².